The third-order valence-electron chi connectivity index (χ3n) is 5.57. The van der Waals surface area contributed by atoms with Crippen LogP contribution in [0.1, 0.15) is 42.3 Å². The number of pyridine rings is 1. The average Bonchev–Trinajstić information content (AvgIpc) is 3.26. The van der Waals surface area contributed by atoms with E-state index in [9.17, 15) is 9.90 Å². The highest BCUT2D eigenvalue weighted by molar-refractivity contribution is 5.96. The maximum absolute atomic E-state index is 12.8. The Morgan fingerprint density at radius 2 is 1.88 bits per heavy atom. The van der Waals surface area contributed by atoms with E-state index in [1.807, 2.05) is 38.1 Å². The summed E-state index contributed by atoms with van der Waals surface area (Å²) in [4.78, 5) is 17.0. The second-order valence-corrected chi connectivity index (χ2v) is 8.05. The molecule has 0 radical (unpaired) electrons. The van der Waals surface area contributed by atoms with E-state index in [1.54, 1.807) is 43.5 Å². The van der Waals surface area contributed by atoms with E-state index < -0.39 is 5.60 Å². The van der Waals surface area contributed by atoms with Crippen LogP contribution in [-0.4, -0.2) is 26.3 Å². The largest absolute Gasteiger partial charge is 0.438 e. The molecular weight excluding hydrogens is 408 g/mol. The normalized spacial score (nSPS) is 13.2. The molecule has 1 amide bonds. The Balaban J connectivity index is 1.45. The monoisotopic (exact) mass is 432 g/mol. The first-order valence-electron chi connectivity index (χ1n) is 10.3. The van der Waals surface area contributed by atoms with Gasteiger partial charge in [0, 0.05) is 18.8 Å². The molecule has 0 aliphatic carbocycles. The van der Waals surface area contributed by atoms with Gasteiger partial charge in [0.1, 0.15) is 22.3 Å². The Bertz CT molecular complexity index is 1230. The summed E-state index contributed by atoms with van der Waals surface area (Å²) >= 11 is 0. The van der Waals surface area contributed by atoms with Gasteiger partial charge in [0.15, 0.2) is 0 Å². The Labute approximate surface area is 185 Å². The second-order valence-electron chi connectivity index (χ2n) is 8.05. The van der Waals surface area contributed by atoms with Crippen LogP contribution in [0.5, 0.6) is 11.6 Å². The number of ether oxygens (including phenoxy) is 1. The van der Waals surface area contributed by atoms with Crippen LogP contribution in [0.3, 0.4) is 0 Å². The number of carbonyl (C=O) groups excluding carboxylic acids is 1. The zero-order valence-electron chi connectivity index (χ0n) is 18.1. The van der Waals surface area contributed by atoms with Crippen molar-refractivity contribution in [2.45, 2.75) is 32.9 Å². The fraction of sp³-hybridized carbons (Fsp3) is 0.250. The lowest BCUT2D eigenvalue weighted by Crippen LogP contribution is -2.28. The Kier molecular flexibility index (Phi) is 5.87. The smallest absolute Gasteiger partial charge is 0.257 e. The molecule has 1 atom stereocenters. The molecule has 0 bridgehead atoms. The van der Waals surface area contributed by atoms with E-state index in [0.29, 0.717) is 28.9 Å². The summed E-state index contributed by atoms with van der Waals surface area (Å²) in [6, 6.07) is 16.0. The zero-order chi connectivity index (χ0) is 22.7. The molecule has 0 aliphatic heterocycles. The summed E-state index contributed by atoms with van der Waals surface area (Å²) in [6.07, 6.45) is 1.56. The molecule has 0 spiro atoms. The fourth-order valence-electron chi connectivity index (χ4n) is 3.15. The molecular formula is C24H24N4O4. The van der Waals surface area contributed by atoms with Crippen LogP contribution in [-0.2, 0) is 12.1 Å². The highest BCUT2D eigenvalue weighted by Gasteiger charge is 2.26. The highest BCUT2D eigenvalue weighted by atomic mass is 16.6. The summed E-state index contributed by atoms with van der Waals surface area (Å²) in [6.45, 7) is 6.08. The van der Waals surface area contributed by atoms with E-state index in [1.165, 1.54) is 0 Å². The van der Waals surface area contributed by atoms with Gasteiger partial charge in [-0.25, -0.2) is 9.61 Å². The maximum Gasteiger partial charge on any atom is 0.257 e. The average molecular weight is 432 g/mol. The molecule has 0 aliphatic rings. The van der Waals surface area contributed by atoms with Crippen LogP contribution >= 0.6 is 0 Å². The molecule has 8 heteroatoms. The van der Waals surface area contributed by atoms with Gasteiger partial charge in [-0.1, -0.05) is 38.1 Å². The van der Waals surface area contributed by atoms with Gasteiger partial charge in [0.05, 0.1) is 5.60 Å². The molecule has 2 N–H and O–H groups in total. The number of nitrogens with one attached hydrogen (secondary N) is 1. The van der Waals surface area contributed by atoms with Crippen LogP contribution < -0.4 is 10.1 Å². The first-order chi connectivity index (χ1) is 15.3. The van der Waals surface area contributed by atoms with Crippen molar-refractivity contribution in [1.29, 1.82) is 0 Å². The van der Waals surface area contributed by atoms with Gasteiger partial charge in [-0.05, 0) is 58.5 Å². The van der Waals surface area contributed by atoms with E-state index in [2.05, 4.69) is 20.6 Å². The summed E-state index contributed by atoms with van der Waals surface area (Å²) in [5.74, 6) is 0.423. The molecule has 1 unspecified atom stereocenters. The molecule has 0 saturated carbocycles. The number of rotatable bonds is 7. The van der Waals surface area contributed by atoms with E-state index in [-0.39, 0.29) is 17.7 Å². The van der Waals surface area contributed by atoms with Crippen molar-refractivity contribution < 1.29 is 19.3 Å². The second kappa shape index (κ2) is 8.76. The van der Waals surface area contributed by atoms with Crippen LogP contribution in [0.2, 0.25) is 0 Å². The van der Waals surface area contributed by atoms with Crippen molar-refractivity contribution in [3.05, 3.63) is 77.5 Å². The lowest BCUT2D eigenvalue weighted by molar-refractivity contribution is 0.00903. The van der Waals surface area contributed by atoms with Crippen molar-refractivity contribution in [3.63, 3.8) is 0 Å². The van der Waals surface area contributed by atoms with Crippen molar-refractivity contribution >= 4 is 16.9 Å². The van der Waals surface area contributed by atoms with Gasteiger partial charge in [0.25, 0.3) is 5.91 Å². The number of nitrogens with zero attached hydrogens (tertiary/aromatic N) is 3. The molecule has 0 saturated heterocycles. The number of carbonyl (C=O) groups is 1. The predicted molar refractivity (Wildman–Crippen MR) is 118 cm³/mol. The summed E-state index contributed by atoms with van der Waals surface area (Å²) in [5, 5.41) is 21.1. The minimum absolute atomic E-state index is 0.0818. The SMILES string of the molecule is CC(C)C(C)(O)c1ccc(CNC(=O)c2cccnc2Oc2ccc3nonc3c2)cc1. The number of hydrogen-bond donors (Lipinski definition) is 2. The van der Waals surface area contributed by atoms with Crippen molar-refractivity contribution in [1.82, 2.24) is 20.6 Å². The number of amides is 1. The molecule has 2 aromatic carbocycles. The topological polar surface area (TPSA) is 110 Å². The third-order valence-corrected chi connectivity index (χ3v) is 5.57. The Hall–Kier alpha value is -3.78. The maximum atomic E-state index is 12.8. The first kappa shape index (κ1) is 21.5. The van der Waals surface area contributed by atoms with Crippen molar-refractivity contribution in [2.24, 2.45) is 5.92 Å². The lowest BCUT2D eigenvalue weighted by Gasteiger charge is -2.28. The molecule has 8 nitrogen and oxygen atoms in total. The van der Waals surface area contributed by atoms with Gasteiger partial charge < -0.3 is 15.2 Å². The van der Waals surface area contributed by atoms with Crippen LogP contribution in [0.4, 0.5) is 0 Å². The van der Waals surface area contributed by atoms with Crippen LogP contribution in [0, 0.1) is 5.92 Å². The van der Waals surface area contributed by atoms with Gasteiger partial charge in [-0.3, -0.25) is 4.79 Å². The third kappa shape index (κ3) is 4.45. The van der Waals surface area contributed by atoms with Gasteiger partial charge in [0.2, 0.25) is 5.88 Å². The van der Waals surface area contributed by atoms with E-state index >= 15 is 0 Å². The number of hydrogen-bond acceptors (Lipinski definition) is 7. The Morgan fingerprint density at radius 1 is 1.12 bits per heavy atom. The standard InChI is InChI=1S/C24H24N4O4/c1-15(2)24(3,30)17-8-6-16(7-9-17)14-26-22(29)19-5-4-12-25-23(19)31-18-10-11-20-21(13-18)28-32-27-20/h4-13,15,30H,14H2,1-3H3,(H,26,29). The predicted octanol–water partition coefficient (Wildman–Crippen LogP) is 4.20. The quantitative estimate of drug-likeness (QED) is 0.450. The highest BCUT2D eigenvalue weighted by Crippen LogP contribution is 2.29. The number of aromatic nitrogens is 3. The molecule has 0 fully saturated rings. The van der Waals surface area contributed by atoms with Gasteiger partial charge >= 0.3 is 0 Å². The van der Waals surface area contributed by atoms with Crippen LogP contribution in [0.15, 0.2) is 65.4 Å². The van der Waals surface area contributed by atoms with Gasteiger partial charge in [-0.2, -0.15) is 0 Å². The van der Waals surface area contributed by atoms with E-state index in [0.717, 1.165) is 11.1 Å². The molecule has 2 aromatic heterocycles. The fourth-order valence-corrected chi connectivity index (χ4v) is 3.15. The summed E-state index contributed by atoms with van der Waals surface area (Å²) < 4.78 is 10.5. The number of fused-ring (bicyclic) bond motifs is 1. The molecule has 4 aromatic rings. The molecule has 164 valence electrons. The first-order valence-corrected chi connectivity index (χ1v) is 10.3. The van der Waals surface area contributed by atoms with Crippen molar-refractivity contribution in [3.8, 4) is 11.6 Å². The van der Waals surface area contributed by atoms with Crippen LogP contribution in [0.25, 0.3) is 11.0 Å². The molecule has 32 heavy (non-hydrogen) atoms. The zero-order valence-corrected chi connectivity index (χ0v) is 18.1. The molecule has 4 rings (SSSR count). The van der Waals surface area contributed by atoms with E-state index in [4.69, 9.17) is 9.37 Å². The van der Waals surface area contributed by atoms with Gasteiger partial charge in [-0.15, -0.1) is 0 Å². The number of benzene rings is 2. The minimum Gasteiger partial charge on any atom is -0.438 e. The lowest BCUT2D eigenvalue weighted by atomic mass is 9.85. The van der Waals surface area contributed by atoms with Crippen molar-refractivity contribution in [2.75, 3.05) is 0 Å². The summed E-state index contributed by atoms with van der Waals surface area (Å²) in [7, 11) is 0. The number of aliphatic hydroxyl groups is 1. The minimum atomic E-state index is -0.908. The molecule has 2 heterocycles. The Morgan fingerprint density at radius 3 is 2.62 bits per heavy atom. The summed E-state index contributed by atoms with van der Waals surface area (Å²) in [5.41, 5.74) is 2.31.